The highest BCUT2D eigenvalue weighted by atomic mass is 79.9. The third-order valence-corrected chi connectivity index (χ3v) is 2.25. The van der Waals surface area contributed by atoms with Crippen LogP contribution in [-0.4, -0.2) is 16.2 Å². The molecule has 70 valence electrons. The van der Waals surface area contributed by atoms with Gasteiger partial charge in [-0.2, -0.15) is 0 Å². The van der Waals surface area contributed by atoms with E-state index in [0.717, 1.165) is 5.56 Å². The van der Waals surface area contributed by atoms with Crippen LogP contribution >= 0.6 is 15.9 Å². The first-order valence-corrected chi connectivity index (χ1v) is 4.84. The highest BCUT2D eigenvalue weighted by Gasteiger charge is 2.04. The molecule has 0 aliphatic carbocycles. The second kappa shape index (κ2) is 4.28. The third kappa shape index (κ3) is 2.73. The molecule has 1 aromatic rings. The van der Waals surface area contributed by atoms with Crippen molar-refractivity contribution in [3.05, 3.63) is 29.3 Å². The summed E-state index contributed by atoms with van der Waals surface area (Å²) in [5.74, 6) is -0.762. The lowest BCUT2D eigenvalue weighted by Crippen LogP contribution is -1.99. The molecule has 0 fully saturated rings. The second-order valence-corrected chi connectivity index (χ2v) is 3.23. The van der Waals surface area contributed by atoms with E-state index in [1.807, 2.05) is 0 Å². The average molecular weight is 245 g/mol. The van der Waals surface area contributed by atoms with E-state index < -0.39 is 5.97 Å². The van der Waals surface area contributed by atoms with Gasteiger partial charge in [0.2, 0.25) is 0 Å². The maximum Gasteiger partial charge on any atom is 0.307 e. The standard InChI is InChI=1S/C9H9BrO3/c10-5-7-2-1-6(3-8(7)11)4-9(12)13/h1-3,11H,4-5H2,(H,12,13). The number of carboxylic acids is 1. The molecule has 0 spiro atoms. The number of phenolic OH excluding ortho intramolecular Hbond substituents is 1. The van der Waals surface area contributed by atoms with Gasteiger partial charge in [-0.15, -0.1) is 0 Å². The van der Waals surface area contributed by atoms with E-state index in [-0.39, 0.29) is 12.2 Å². The Balaban J connectivity index is 2.89. The molecule has 0 heterocycles. The van der Waals surface area contributed by atoms with E-state index in [9.17, 15) is 9.90 Å². The monoisotopic (exact) mass is 244 g/mol. The van der Waals surface area contributed by atoms with Gasteiger partial charge in [-0.3, -0.25) is 4.79 Å². The van der Waals surface area contributed by atoms with Crippen molar-refractivity contribution in [1.82, 2.24) is 0 Å². The molecular formula is C9H9BrO3. The SMILES string of the molecule is O=C(O)Cc1ccc(CBr)c(O)c1. The Morgan fingerprint density at radius 2 is 2.15 bits per heavy atom. The number of carbonyl (C=O) groups is 1. The van der Waals surface area contributed by atoms with Crippen molar-refractivity contribution in [3.63, 3.8) is 0 Å². The summed E-state index contributed by atoms with van der Waals surface area (Å²) in [6.07, 6.45) is -0.0594. The number of halogens is 1. The molecule has 0 saturated heterocycles. The van der Waals surface area contributed by atoms with Crippen LogP contribution in [0.15, 0.2) is 18.2 Å². The summed E-state index contributed by atoms with van der Waals surface area (Å²) in [7, 11) is 0. The molecule has 0 radical (unpaired) electrons. The highest BCUT2D eigenvalue weighted by Crippen LogP contribution is 2.21. The van der Waals surface area contributed by atoms with Crippen LogP contribution in [0, 0.1) is 0 Å². The summed E-state index contributed by atoms with van der Waals surface area (Å²) in [5.41, 5.74) is 1.36. The Labute approximate surface area is 84.1 Å². The van der Waals surface area contributed by atoms with Crippen molar-refractivity contribution in [2.24, 2.45) is 0 Å². The molecule has 0 atom stereocenters. The molecule has 0 aromatic heterocycles. The summed E-state index contributed by atoms with van der Waals surface area (Å²) in [6, 6.07) is 4.89. The van der Waals surface area contributed by atoms with Gasteiger partial charge in [0.1, 0.15) is 5.75 Å². The molecule has 0 unspecified atom stereocenters. The number of hydrogen-bond donors (Lipinski definition) is 2. The van der Waals surface area contributed by atoms with Crippen molar-refractivity contribution in [2.45, 2.75) is 11.8 Å². The smallest absolute Gasteiger partial charge is 0.307 e. The van der Waals surface area contributed by atoms with Crippen LogP contribution in [-0.2, 0) is 16.5 Å². The van der Waals surface area contributed by atoms with Gasteiger partial charge in [0, 0.05) is 10.9 Å². The second-order valence-electron chi connectivity index (χ2n) is 2.67. The lowest BCUT2D eigenvalue weighted by molar-refractivity contribution is -0.136. The van der Waals surface area contributed by atoms with E-state index in [1.54, 1.807) is 12.1 Å². The Morgan fingerprint density at radius 3 is 2.62 bits per heavy atom. The van der Waals surface area contributed by atoms with Gasteiger partial charge in [0.15, 0.2) is 0 Å². The van der Waals surface area contributed by atoms with Crippen molar-refractivity contribution in [3.8, 4) is 5.75 Å². The number of phenols is 1. The Hall–Kier alpha value is -1.03. The van der Waals surface area contributed by atoms with Crippen LogP contribution in [0.2, 0.25) is 0 Å². The molecule has 0 aliphatic heterocycles. The molecule has 2 N–H and O–H groups in total. The van der Waals surface area contributed by atoms with Crippen LogP contribution in [0.3, 0.4) is 0 Å². The summed E-state index contributed by atoms with van der Waals surface area (Å²) in [5, 5.41) is 18.4. The van der Waals surface area contributed by atoms with Crippen LogP contribution in [0.5, 0.6) is 5.75 Å². The number of aliphatic carboxylic acids is 1. The van der Waals surface area contributed by atoms with Gasteiger partial charge in [-0.25, -0.2) is 0 Å². The number of aromatic hydroxyl groups is 1. The fraction of sp³-hybridized carbons (Fsp3) is 0.222. The van der Waals surface area contributed by atoms with Crippen LogP contribution in [0.4, 0.5) is 0 Å². The summed E-state index contributed by atoms with van der Waals surface area (Å²) < 4.78 is 0. The third-order valence-electron chi connectivity index (χ3n) is 1.65. The maximum absolute atomic E-state index is 10.3. The molecule has 3 nitrogen and oxygen atoms in total. The fourth-order valence-corrected chi connectivity index (χ4v) is 1.48. The number of rotatable bonds is 3. The van der Waals surface area contributed by atoms with E-state index >= 15 is 0 Å². The minimum atomic E-state index is -0.897. The van der Waals surface area contributed by atoms with Crippen molar-refractivity contribution >= 4 is 21.9 Å². The predicted molar refractivity (Wildman–Crippen MR) is 52.1 cm³/mol. The molecule has 4 heteroatoms. The molecule has 0 saturated carbocycles. The minimum absolute atomic E-state index is 0.0594. The number of hydrogen-bond acceptors (Lipinski definition) is 2. The molecule has 0 amide bonds. The first-order valence-electron chi connectivity index (χ1n) is 3.72. The van der Waals surface area contributed by atoms with Gasteiger partial charge in [0.05, 0.1) is 6.42 Å². The highest BCUT2D eigenvalue weighted by molar-refractivity contribution is 9.08. The van der Waals surface area contributed by atoms with Crippen LogP contribution in [0.1, 0.15) is 11.1 Å². The lowest BCUT2D eigenvalue weighted by atomic mass is 10.1. The van der Waals surface area contributed by atoms with Gasteiger partial charge in [-0.05, 0) is 11.6 Å². The summed E-state index contributed by atoms with van der Waals surface area (Å²) in [6.45, 7) is 0. The molecule has 1 aromatic carbocycles. The van der Waals surface area contributed by atoms with Gasteiger partial charge < -0.3 is 10.2 Å². The average Bonchev–Trinajstić information content (AvgIpc) is 2.03. The molecule has 13 heavy (non-hydrogen) atoms. The van der Waals surface area contributed by atoms with E-state index in [1.165, 1.54) is 6.07 Å². The zero-order valence-corrected chi connectivity index (χ0v) is 8.41. The zero-order valence-electron chi connectivity index (χ0n) is 6.83. The van der Waals surface area contributed by atoms with Gasteiger partial charge in [-0.1, -0.05) is 28.1 Å². The Kier molecular flexibility index (Phi) is 3.31. The molecule has 1 rings (SSSR count). The Bertz CT molecular complexity index is 323. The normalized spacial score (nSPS) is 9.92. The first-order chi connectivity index (χ1) is 6.13. The zero-order chi connectivity index (χ0) is 9.84. The van der Waals surface area contributed by atoms with Crippen LogP contribution < -0.4 is 0 Å². The fourth-order valence-electron chi connectivity index (χ4n) is 1.01. The number of benzene rings is 1. The quantitative estimate of drug-likeness (QED) is 0.799. The molecular weight excluding hydrogens is 236 g/mol. The van der Waals surface area contributed by atoms with Crippen LogP contribution in [0.25, 0.3) is 0 Å². The van der Waals surface area contributed by atoms with Gasteiger partial charge >= 0.3 is 5.97 Å². The Morgan fingerprint density at radius 1 is 1.46 bits per heavy atom. The molecule has 0 bridgehead atoms. The summed E-state index contributed by atoms with van der Waals surface area (Å²) in [4.78, 5) is 10.3. The maximum atomic E-state index is 10.3. The van der Waals surface area contributed by atoms with E-state index in [2.05, 4.69) is 15.9 Å². The van der Waals surface area contributed by atoms with Crippen molar-refractivity contribution in [1.29, 1.82) is 0 Å². The van der Waals surface area contributed by atoms with Gasteiger partial charge in [0.25, 0.3) is 0 Å². The topological polar surface area (TPSA) is 57.5 Å². The van der Waals surface area contributed by atoms with E-state index in [0.29, 0.717) is 10.9 Å². The number of carboxylic acid groups (broad SMARTS) is 1. The first kappa shape index (κ1) is 10.1. The minimum Gasteiger partial charge on any atom is -0.508 e. The molecule has 0 aliphatic rings. The summed E-state index contributed by atoms with van der Waals surface area (Å²) >= 11 is 3.21. The van der Waals surface area contributed by atoms with Crippen molar-refractivity contribution in [2.75, 3.05) is 0 Å². The van der Waals surface area contributed by atoms with Crippen molar-refractivity contribution < 1.29 is 15.0 Å². The number of alkyl halides is 1. The van der Waals surface area contributed by atoms with E-state index in [4.69, 9.17) is 5.11 Å². The largest absolute Gasteiger partial charge is 0.508 e. The lowest BCUT2D eigenvalue weighted by Gasteiger charge is -2.02. The predicted octanol–water partition coefficient (Wildman–Crippen LogP) is 1.91.